The highest BCUT2D eigenvalue weighted by molar-refractivity contribution is 5.96. The van der Waals surface area contributed by atoms with Crippen molar-refractivity contribution in [3.8, 4) is 5.75 Å². The number of carbonyl (C=O) groups excluding carboxylic acids is 1. The number of hydrogen-bond acceptors (Lipinski definition) is 3. The maximum Gasteiger partial charge on any atom is 0.255 e. The summed E-state index contributed by atoms with van der Waals surface area (Å²) in [5.41, 5.74) is 1.75. The molecule has 0 aliphatic carbocycles. The van der Waals surface area contributed by atoms with Crippen LogP contribution in [0.1, 0.15) is 28.8 Å². The summed E-state index contributed by atoms with van der Waals surface area (Å²) in [6, 6.07) is 17.7. The molecule has 1 saturated heterocycles. The van der Waals surface area contributed by atoms with E-state index in [1.165, 1.54) is 5.56 Å². The monoisotopic (exact) mass is 325 g/mol. The first-order valence-electron chi connectivity index (χ1n) is 8.30. The van der Waals surface area contributed by atoms with E-state index in [2.05, 4.69) is 29.6 Å². The number of methoxy groups -OCH3 is 1. The normalized spacial score (nSPS) is 16.4. The third-order valence-electron chi connectivity index (χ3n) is 4.78. The number of ether oxygens (including phenoxy) is 2. The minimum Gasteiger partial charge on any atom is -0.496 e. The Morgan fingerprint density at radius 1 is 1.08 bits per heavy atom. The lowest BCUT2D eigenvalue weighted by Gasteiger charge is -2.38. The van der Waals surface area contributed by atoms with Crippen LogP contribution in [0.15, 0.2) is 54.6 Å². The molecule has 1 N–H and O–H groups in total. The van der Waals surface area contributed by atoms with E-state index >= 15 is 0 Å². The van der Waals surface area contributed by atoms with E-state index in [9.17, 15) is 4.79 Å². The molecule has 0 spiro atoms. The lowest BCUT2D eigenvalue weighted by atomic mass is 9.74. The second-order valence-corrected chi connectivity index (χ2v) is 6.14. The van der Waals surface area contributed by atoms with Crippen LogP contribution in [0.2, 0.25) is 0 Å². The molecule has 2 aromatic carbocycles. The van der Waals surface area contributed by atoms with Crippen LogP contribution < -0.4 is 10.1 Å². The van der Waals surface area contributed by atoms with Crippen molar-refractivity contribution in [1.29, 1.82) is 0 Å². The predicted molar refractivity (Wildman–Crippen MR) is 93.5 cm³/mol. The number of carbonyl (C=O) groups is 1. The molecule has 1 aliphatic rings. The summed E-state index contributed by atoms with van der Waals surface area (Å²) in [7, 11) is 1.58. The van der Waals surface area contributed by atoms with Gasteiger partial charge in [-0.2, -0.15) is 0 Å². The van der Waals surface area contributed by atoms with E-state index in [-0.39, 0.29) is 11.3 Å². The van der Waals surface area contributed by atoms with Crippen molar-refractivity contribution >= 4 is 5.91 Å². The average Bonchev–Trinajstić information content (AvgIpc) is 2.67. The van der Waals surface area contributed by atoms with Gasteiger partial charge in [-0.3, -0.25) is 4.79 Å². The molecule has 2 aromatic rings. The molecular weight excluding hydrogens is 302 g/mol. The average molecular weight is 325 g/mol. The predicted octanol–water partition coefficient (Wildman–Crippen LogP) is 3.17. The first-order valence-corrected chi connectivity index (χ1v) is 8.30. The van der Waals surface area contributed by atoms with Crippen LogP contribution in [0.25, 0.3) is 0 Å². The fourth-order valence-corrected chi connectivity index (χ4v) is 3.30. The minimum absolute atomic E-state index is 0.0722. The fourth-order valence-electron chi connectivity index (χ4n) is 3.30. The number of benzene rings is 2. The Kier molecular flexibility index (Phi) is 5.16. The Bertz CT molecular complexity index is 678. The Morgan fingerprint density at radius 3 is 2.46 bits per heavy atom. The molecule has 0 bridgehead atoms. The summed E-state index contributed by atoms with van der Waals surface area (Å²) in [5, 5.41) is 3.11. The molecule has 1 amide bonds. The lowest BCUT2D eigenvalue weighted by molar-refractivity contribution is 0.0487. The molecule has 3 rings (SSSR count). The standard InChI is InChI=1S/C20H23NO3/c1-23-18-10-6-5-9-17(18)19(22)21-15-20(11-13-24-14-12-20)16-7-3-2-4-8-16/h2-10H,11-15H2,1H3,(H,21,22). The van der Waals surface area contributed by atoms with Crippen LogP contribution in [0, 0.1) is 0 Å². The van der Waals surface area contributed by atoms with Gasteiger partial charge < -0.3 is 14.8 Å². The van der Waals surface area contributed by atoms with Crippen LogP contribution in [-0.2, 0) is 10.2 Å². The number of rotatable bonds is 5. The summed E-state index contributed by atoms with van der Waals surface area (Å²) >= 11 is 0. The highest BCUT2D eigenvalue weighted by Gasteiger charge is 2.34. The van der Waals surface area contributed by atoms with Gasteiger partial charge in [0.2, 0.25) is 0 Å². The highest BCUT2D eigenvalue weighted by atomic mass is 16.5. The number of hydrogen-bond donors (Lipinski definition) is 1. The van der Waals surface area contributed by atoms with Gasteiger partial charge >= 0.3 is 0 Å². The van der Waals surface area contributed by atoms with Crippen molar-refractivity contribution in [3.05, 3.63) is 65.7 Å². The maximum atomic E-state index is 12.6. The zero-order valence-corrected chi connectivity index (χ0v) is 14.0. The SMILES string of the molecule is COc1ccccc1C(=O)NCC1(c2ccccc2)CCOCC1. The molecular formula is C20H23NO3. The summed E-state index contributed by atoms with van der Waals surface area (Å²) < 4.78 is 10.8. The Morgan fingerprint density at radius 2 is 1.75 bits per heavy atom. The number of nitrogens with one attached hydrogen (secondary N) is 1. The van der Waals surface area contributed by atoms with Gasteiger partial charge in [-0.05, 0) is 30.5 Å². The molecule has 0 saturated carbocycles. The third kappa shape index (κ3) is 3.44. The van der Waals surface area contributed by atoms with E-state index in [1.807, 2.05) is 18.2 Å². The molecule has 1 aliphatic heterocycles. The minimum atomic E-state index is -0.103. The fraction of sp³-hybridized carbons (Fsp3) is 0.350. The Labute approximate surface area is 142 Å². The van der Waals surface area contributed by atoms with Crippen LogP contribution >= 0.6 is 0 Å². The van der Waals surface area contributed by atoms with Gasteiger partial charge in [0.25, 0.3) is 5.91 Å². The van der Waals surface area contributed by atoms with Crippen molar-refractivity contribution in [2.24, 2.45) is 0 Å². The van der Waals surface area contributed by atoms with Crippen molar-refractivity contribution in [1.82, 2.24) is 5.32 Å². The molecule has 0 radical (unpaired) electrons. The van der Waals surface area contributed by atoms with Crippen LogP contribution in [-0.4, -0.2) is 32.8 Å². The van der Waals surface area contributed by atoms with E-state index in [1.54, 1.807) is 19.2 Å². The van der Waals surface area contributed by atoms with E-state index in [0.717, 1.165) is 26.1 Å². The van der Waals surface area contributed by atoms with Gasteiger partial charge in [0.15, 0.2) is 0 Å². The van der Waals surface area contributed by atoms with Crippen molar-refractivity contribution in [2.45, 2.75) is 18.3 Å². The molecule has 24 heavy (non-hydrogen) atoms. The highest BCUT2D eigenvalue weighted by Crippen LogP contribution is 2.34. The maximum absolute atomic E-state index is 12.6. The van der Waals surface area contributed by atoms with E-state index < -0.39 is 0 Å². The topological polar surface area (TPSA) is 47.6 Å². The van der Waals surface area contributed by atoms with Crippen LogP contribution in [0.5, 0.6) is 5.75 Å². The molecule has 0 unspecified atom stereocenters. The lowest BCUT2D eigenvalue weighted by Crippen LogP contribution is -2.44. The smallest absolute Gasteiger partial charge is 0.255 e. The van der Waals surface area contributed by atoms with Crippen molar-refractivity contribution < 1.29 is 14.3 Å². The molecule has 126 valence electrons. The van der Waals surface area contributed by atoms with Gasteiger partial charge in [-0.1, -0.05) is 42.5 Å². The zero-order valence-electron chi connectivity index (χ0n) is 14.0. The van der Waals surface area contributed by atoms with E-state index in [0.29, 0.717) is 17.9 Å². The van der Waals surface area contributed by atoms with Crippen LogP contribution in [0.4, 0.5) is 0 Å². The van der Waals surface area contributed by atoms with Gasteiger partial charge in [-0.25, -0.2) is 0 Å². The first kappa shape index (κ1) is 16.5. The third-order valence-corrected chi connectivity index (χ3v) is 4.78. The summed E-state index contributed by atoms with van der Waals surface area (Å²) in [5.74, 6) is 0.491. The molecule has 0 atom stereocenters. The van der Waals surface area contributed by atoms with Gasteiger partial charge in [-0.15, -0.1) is 0 Å². The molecule has 4 nitrogen and oxygen atoms in total. The molecule has 0 aromatic heterocycles. The number of amides is 1. The summed E-state index contributed by atoms with van der Waals surface area (Å²) in [4.78, 5) is 12.6. The van der Waals surface area contributed by atoms with Gasteiger partial charge in [0.05, 0.1) is 12.7 Å². The van der Waals surface area contributed by atoms with Crippen molar-refractivity contribution in [3.63, 3.8) is 0 Å². The quantitative estimate of drug-likeness (QED) is 0.918. The number of para-hydroxylation sites is 1. The van der Waals surface area contributed by atoms with Crippen LogP contribution in [0.3, 0.4) is 0 Å². The molecule has 1 fully saturated rings. The molecule has 4 heteroatoms. The summed E-state index contributed by atoms with van der Waals surface area (Å²) in [6.45, 7) is 2.04. The molecule has 1 heterocycles. The Hall–Kier alpha value is -2.33. The second kappa shape index (κ2) is 7.49. The second-order valence-electron chi connectivity index (χ2n) is 6.14. The van der Waals surface area contributed by atoms with Gasteiger partial charge in [0.1, 0.15) is 5.75 Å². The first-order chi connectivity index (χ1) is 11.7. The summed E-state index contributed by atoms with van der Waals surface area (Å²) in [6.07, 6.45) is 1.81. The largest absolute Gasteiger partial charge is 0.496 e. The van der Waals surface area contributed by atoms with Gasteiger partial charge in [0, 0.05) is 25.2 Å². The van der Waals surface area contributed by atoms with Crippen molar-refractivity contribution in [2.75, 3.05) is 26.9 Å². The zero-order chi connectivity index (χ0) is 16.8. The van der Waals surface area contributed by atoms with E-state index in [4.69, 9.17) is 9.47 Å². The Balaban J connectivity index is 1.78.